The molecule has 0 aromatic carbocycles. The molecule has 70 valence electrons. The van der Waals surface area contributed by atoms with Crippen LogP contribution in [0.5, 0.6) is 0 Å². The zero-order chi connectivity index (χ0) is 9.42. The predicted octanol–water partition coefficient (Wildman–Crippen LogP) is 0.304. The van der Waals surface area contributed by atoms with E-state index < -0.39 is 0 Å². The predicted molar refractivity (Wildman–Crippen MR) is 51.2 cm³/mol. The van der Waals surface area contributed by atoms with Crippen molar-refractivity contribution >= 4 is 11.5 Å². The van der Waals surface area contributed by atoms with Gasteiger partial charge in [0.15, 0.2) is 5.82 Å². The van der Waals surface area contributed by atoms with E-state index in [1.54, 1.807) is 6.92 Å². The first-order valence-corrected chi connectivity index (χ1v) is 4.28. The molecule has 5 heteroatoms. The molecule has 1 aliphatic rings. The average Bonchev–Trinajstić information content (AvgIpc) is 2.06. The van der Waals surface area contributed by atoms with Gasteiger partial charge in [0.1, 0.15) is 11.5 Å². The lowest BCUT2D eigenvalue weighted by Gasteiger charge is -2.23. The van der Waals surface area contributed by atoms with Crippen molar-refractivity contribution in [2.75, 3.05) is 17.2 Å². The Morgan fingerprint density at radius 2 is 2.31 bits per heavy atom. The summed E-state index contributed by atoms with van der Waals surface area (Å²) >= 11 is 0. The third-order valence-electron chi connectivity index (χ3n) is 2.00. The molecule has 3 N–H and O–H groups in total. The number of hydrogen-bond donors (Lipinski definition) is 3. The Bertz CT molecular complexity index is 384. The lowest BCUT2D eigenvalue weighted by molar-refractivity contribution is 0.798. The van der Waals surface area contributed by atoms with Crippen LogP contribution in [0.15, 0.2) is 4.79 Å². The van der Waals surface area contributed by atoms with E-state index >= 15 is 0 Å². The summed E-state index contributed by atoms with van der Waals surface area (Å²) in [6, 6.07) is 0.262. The van der Waals surface area contributed by atoms with Crippen LogP contribution in [0.25, 0.3) is 0 Å². The molecule has 1 aliphatic heterocycles. The number of hydrogen-bond acceptors (Lipinski definition) is 4. The second kappa shape index (κ2) is 2.76. The lowest BCUT2D eigenvalue weighted by atomic mass is 10.2. The molecule has 0 amide bonds. The molecular weight excluding hydrogens is 168 g/mol. The molecule has 13 heavy (non-hydrogen) atoms. The molecule has 2 heterocycles. The van der Waals surface area contributed by atoms with Crippen molar-refractivity contribution in [1.29, 1.82) is 0 Å². The SMILES string of the molecule is Cc1nc2c(c(=O)[nH]1)NC(C)CN2. The highest BCUT2D eigenvalue weighted by Crippen LogP contribution is 2.18. The van der Waals surface area contributed by atoms with Crippen LogP contribution in [0, 0.1) is 6.92 Å². The summed E-state index contributed by atoms with van der Waals surface area (Å²) in [4.78, 5) is 18.3. The van der Waals surface area contributed by atoms with Crippen LogP contribution >= 0.6 is 0 Å². The number of H-pyrrole nitrogens is 1. The van der Waals surface area contributed by atoms with Gasteiger partial charge < -0.3 is 15.6 Å². The Morgan fingerprint density at radius 1 is 1.54 bits per heavy atom. The van der Waals surface area contributed by atoms with Crippen LogP contribution in [0.4, 0.5) is 11.5 Å². The Morgan fingerprint density at radius 3 is 3.08 bits per heavy atom. The van der Waals surface area contributed by atoms with Gasteiger partial charge in [-0.15, -0.1) is 0 Å². The molecule has 1 unspecified atom stereocenters. The molecule has 0 fully saturated rings. The van der Waals surface area contributed by atoms with Crippen molar-refractivity contribution in [2.45, 2.75) is 19.9 Å². The monoisotopic (exact) mass is 180 g/mol. The van der Waals surface area contributed by atoms with Gasteiger partial charge in [0.05, 0.1) is 0 Å². The fourth-order valence-corrected chi connectivity index (χ4v) is 1.39. The summed E-state index contributed by atoms with van der Waals surface area (Å²) in [5.41, 5.74) is 0.436. The van der Waals surface area contributed by atoms with E-state index in [1.807, 2.05) is 6.92 Å². The molecule has 0 spiro atoms. The third-order valence-corrected chi connectivity index (χ3v) is 2.00. The topological polar surface area (TPSA) is 69.8 Å². The first-order valence-electron chi connectivity index (χ1n) is 4.28. The van der Waals surface area contributed by atoms with E-state index in [-0.39, 0.29) is 11.6 Å². The van der Waals surface area contributed by atoms with Crippen LogP contribution in [0.1, 0.15) is 12.7 Å². The van der Waals surface area contributed by atoms with E-state index in [0.29, 0.717) is 17.3 Å². The first-order chi connectivity index (χ1) is 6.16. The number of anilines is 2. The van der Waals surface area contributed by atoms with Crippen molar-refractivity contribution in [2.24, 2.45) is 0 Å². The van der Waals surface area contributed by atoms with Crippen molar-refractivity contribution < 1.29 is 0 Å². The normalized spacial score (nSPS) is 20.0. The second-order valence-electron chi connectivity index (χ2n) is 3.30. The van der Waals surface area contributed by atoms with Gasteiger partial charge in [-0.3, -0.25) is 4.79 Å². The molecular formula is C8H12N4O. The number of aromatic nitrogens is 2. The summed E-state index contributed by atoms with van der Waals surface area (Å²) in [7, 11) is 0. The van der Waals surface area contributed by atoms with Crippen molar-refractivity contribution in [3.8, 4) is 0 Å². The van der Waals surface area contributed by atoms with Gasteiger partial charge in [-0.25, -0.2) is 4.98 Å². The van der Waals surface area contributed by atoms with E-state index in [4.69, 9.17) is 0 Å². The molecule has 0 bridgehead atoms. The Labute approximate surface area is 75.6 Å². The minimum atomic E-state index is -0.110. The number of rotatable bonds is 0. The largest absolute Gasteiger partial charge is 0.373 e. The molecule has 1 aromatic rings. The van der Waals surface area contributed by atoms with Gasteiger partial charge >= 0.3 is 0 Å². The van der Waals surface area contributed by atoms with Gasteiger partial charge in [0.25, 0.3) is 5.56 Å². The number of fused-ring (bicyclic) bond motifs is 1. The summed E-state index contributed by atoms with van der Waals surface area (Å²) < 4.78 is 0. The van der Waals surface area contributed by atoms with E-state index in [1.165, 1.54) is 0 Å². The number of aromatic amines is 1. The summed E-state index contributed by atoms with van der Waals surface area (Å²) in [5.74, 6) is 1.28. The van der Waals surface area contributed by atoms with Gasteiger partial charge in [0, 0.05) is 12.6 Å². The third kappa shape index (κ3) is 1.37. The molecule has 0 saturated carbocycles. The van der Waals surface area contributed by atoms with Crippen LogP contribution in [0.3, 0.4) is 0 Å². The smallest absolute Gasteiger partial charge is 0.276 e. The fourth-order valence-electron chi connectivity index (χ4n) is 1.39. The van der Waals surface area contributed by atoms with E-state index in [0.717, 1.165) is 6.54 Å². The van der Waals surface area contributed by atoms with E-state index in [9.17, 15) is 4.79 Å². The molecule has 5 nitrogen and oxygen atoms in total. The molecule has 0 radical (unpaired) electrons. The Kier molecular flexibility index (Phi) is 1.72. The van der Waals surface area contributed by atoms with Gasteiger partial charge in [-0.2, -0.15) is 0 Å². The van der Waals surface area contributed by atoms with Crippen LogP contribution in [-0.4, -0.2) is 22.6 Å². The maximum Gasteiger partial charge on any atom is 0.276 e. The highest BCUT2D eigenvalue weighted by Gasteiger charge is 2.17. The Hall–Kier alpha value is -1.52. The van der Waals surface area contributed by atoms with Gasteiger partial charge in [-0.05, 0) is 13.8 Å². The standard InChI is InChI=1S/C8H12N4O/c1-4-3-9-7-6(10-4)8(13)12-5(2)11-7/h4,10H,3H2,1-2H3,(H2,9,11,12,13). The highest BCUT2D eigenvalue weighted by molar-refractivity contribution is 5.65. The second-order valence-corrected chi connectivity index (χ2v) is 3.30. The minimum Gasteiger partial charge on any atom is -0.373 e. The van der Waals surface area contributed by atoms with Crippen molar-refractivity contribution in [3.05, 3.63) is 16.2 Å². The Balaban J connectivity index is 2.53. The van der Waals surface area contributed by atoms with Crippen LogP contribution in [-0.2, 0) is 0 Å². The fraction of sp³-hybridized carbons (Fsp3) is 0.500. The quantitative estimate of drug-likeness (QED) is 0.537. The molecule has 2 rings (SSSR count). The van der Waals surface area contributed by atoms with Crippen LogP contribution in [0.2, 0.25) is 0 Å². The lowest BCUT2D eigenvalue weighted by Crippen LogP contribution is -2.35. The van der Waals surface area contributed by atoms with Gasteiger partial charge in [-0.1, -0.05) is 0 Å². The minimum absolute atomic E-state index is 0.110. The number of nitrogens with zero attached hydrogens (tertiary/aromatic N) is 1. The van der Waals surface area contributed by atoms with Crippen LogP contribution < -0.4 is 16.2 Å². The summed E-state index contributed by atoms with van der Waals surface area (Å²) in [5, 5.41) is 6.19. The highest BCUT2D eigenvalue weighted by atomic mass is 16.1. The number of aryl methyl sites for hydroxylation is 1. The van der Waals surface area contributed by atoms with Crippen molar-refractivity contribution in [1.82, 2.24) is 9.97 Å². The zero-order valence-electron chi connectivity index (χ0n) is 7.64. The first kappa shape index (κ1) is 8.10. The molecule has 1 atom stereocenters. The maximum absolute atomic E-state index is 11.4. The molecule has 1 aromatic heterocycles. The summed E-state index contributed by atoms with van der Waals surface area (Å²) in [6.45, 7) is 4.57. The number of nitrogens with one attached hydrogen (secondary N) is 3. The summed E-state index contributed by atoms with van der Waals surface area (Å²) in [6.07, 6.45) is 0. The molecule has 0 saturated heterocycles. The van der Waals surface area contributed by atoms with Crippen molar-refractivity contribution in [3.63, 3.8) is 0 Å². The maximum atomic E-state index is 11.4. The zero-order valence-corrected chi connectivity index (χ0v) is 7.64. The average molecular weight is 180 g/mol. The molecule has 0 aliphatic carbocycles. The van der Waals surface area contributed by atoms with Gasteiger partial charge in [0.2, 0.25) is 0 Å². The van der Waals surface area contributed by atoms with E-state index in [2.05, 4.69) is 20.6 Å².